The SMILES string of the molecule is CC1CCCCN1CCCC(=O)c1ccc(F)cc1. The summed E-state index contributed by atoms with van der Waals surface area (Å²) in [4.78, 5) is 14.4. The molecule has 1 unspecified atom stereocenters. The minimum absolute atomic E-state index is 0.115. The zero-order valence-electron chi connectivity index (χ0n) is 11.6. The molecule has 0 aromatic heterocycles. The lowest BCUT2D eigenvalue weighted by atomic mass is 10.0. The van der Waals surface area contributed by atoms with E-state index in [1.54, 1.807) is 12.1 Å². The van der Waals surface area contributed by atoms with Crippen molar-refractivity contribution in [3.8, 4) is 0 Å². The van der Waals surface area contributed by atoms with E-state index in [4.69, 9.17) is 0 Å². The Morgan fingerprint density at radius 3 is 2.74 bits per heavy atom. The Morgan fingerprint density at radius 1 is 1.32 bits per heavy atom. The van der Waals surface area contributed by atoms with Gasteiger partial charge in [0.25, 0.3) is 0 Å². The first kappa shape index (κ1) is 14.2. The first-order valence-electron chi connectivity index (χ1n) is 7.19. The minimum Gasteiger partial charge on any atom is -0.301 e. The number of rotatable bonds is 5. The Kier molecular flexibility index (Phi) is 5.08. The van der Waals surface area contributed by atoms with Crippen LogP contribution in [0.2, 0.25) is 0 Å². The fraction of sp³-hybridized carbons (Fsp3) is 0.562. The van der Waals surface area contributed by atoms with Crippen LogP contribution in [-0.4, -0.2) is 29.8 Å². The molecule has 0 aliphatic carbocycles. The maximum atomic E-state index is 12.8. The van der Waals surface area contributed by atoms with Crippen molar-refractivity contribution in [1.82, 2.24) is 4.90 Å². The van der Waals surface area contributed by atoms with Gasteiger partial charge in [-0.05, 0) is 63.5 Å². The quantitative estimate of drug-likeness (QED) is 0.756. The molecule has 1 saturated heterocycles. The van der Waals surface area contributed by atoms with Crippen LogP contribution in [0.5, 0.6) is 0 Å². The third kappa shape index (κ3) is 4.13. The minimum atomic E-state index is -0.293. The van der Waals surface area contributed by atoms with Gasteiger partial charge in [0.15, 0.2) is 5.78 Å². The van der Waals surface area contributed by atoms with Gasteiger partial charge in [-0.3, -0.25) is 4.79 Å². The molecule has 1 fully saturated rings. The van der Waals surface area contributed by atoms with E-state index in [-0.39, 0.29) is 11.6 Å². The van der Waals surface area contributed by atoms with Crippen LogP contribution in [0.1, 0.15) is 49.4 Å². The molecule has 2 rings (SSSR count). The number of hydrogen-bond donors (Lipinski definition) is 0. The molecule has 0 bridgehead atoms. The first-order chi connectivity index (χ1) is 9.16. The van der Waals surface area contributed by atoms with Gasteiger partial charge in [-0.2, -0.15) is 0 Å². The van der Waals surface area contributed by atoms with E-state index in [0.29, 0.717) is 18.0 Å². The van der Waals surface area contributed by atoms with Gasteiger partial charge < -0.3 is 4.90 Å². The Morgan fingerprint density at radius 2 is 2.05 bits per heavy atom. The average molecular weight is 263 g/mol. The van der Waals surface area contributed by atoms with Crippen LogP contribution in [0, 0.1) is 5.82 Å². The van der Waals surface area contributed by atoms with E-state index in [1.165, 1.54) is 31.4 Å². The maximum Gasteiger partial charge on any atom is 0.162 e. The highest BCUT2D eigenvalue weighted by Crippen LogP contribution is 2.17. The highest BCUT2D eigenvalue weighted by Gasteiger charge is 2.17. The molecule has 1 heterocycles. The fourth-order valence-corrected chi connectivity index (χ4v) is 2.71. The van der Waals surface area contributed by atoms with E-state index in [9.17, 15) is 9.18 Å². The van der Waals surface area contributed by atoms with Crippen molar-refractivity contribution in [2.75, 3.05) is 13.1 Å². The molecule has 2 nitrogen and oxygen atoms in total. The monoisotopic (exact) mass is 263 g/mol. The van der Waals surface area contributed by atoms with Gasteiger partial charge in [0, 0.05) is 18.0 Å². The molecule has 1 aliphatic heterocycles. The Balaban J connectivity index is 1.76. The molecular formula is C16H22FNO. The standard InChI is InChI=1S/C16H22FNO/c1-13-5-2-3-11-18(13)12-4-6-16(19)14-7-9-15(17)10-8-14/h7-10,13H,2-6,11-12H2,1H3. The second-order valence-electron chi connectivity index (χ2n) is 5.41. The summed E-state index contributed by atoms with van der Waals surface area (Å²) >= 11 is 0. The van der Waals surface area contributed by atoms with Gasteiger partial charge in [-0.15, -0.1) is 0 Å². The molecule has 1 atom stereocenters. The zero-order valence-corrected chi connectivity index (χ0v) is 11.6. The number of ketones is 1. The number of likely N-dealkylation sites (tertiary alicyclic amines) is 1. The second kappa shape index (κ2) is 6.80. The van der Waals surface area contributed by atoms with Gasteiger partial charge in [0.1, 0.15) is 5.82 Å². The first-order valence-corrected chi connectivity index (χ1v) is 7.19. The highest BCUT2D eigenvalue weighted by molar-refractivity contribution is 5.95. The van der Waals surface area contributed by atoms with Gasteiger partial charge in [0.05, 0.1) is 0 Å². The third-order valence-electron chi connectivity index (χ3n) is 3.96. The van der Waals surface area contributed by atoms with Crippen molar-refractivity contribution in [3.63, 3.8) is 0 Å². The smallest absolute Gasteiger partial charge is 0.162 e. The molecule has 0 amide bonds. The molecule has 0 radical (unpaired) electrons. The lowest BCUT2D eigenvalue weighted by molar-refractivity contribution is 0.0964. The Bertz CT molecular complexity index is 415. The number of piperidine rings is 1. The number of carbonyl (C=O) groups excluding carboxylic acids is 1. The summed E-state index contributed by atoms with van der Waals surface area (Å²) in [6, 6.07) is 6.48. The number of nitrogens with zero attached hydrogens (tertiary/aromatic N) is 1. The number of halogens is 1. The van der Waals surface area contributed by atoms with Crippen LogP contribution in [0.25, 0.3) is 0 Å². The molecule has 1 aromatic rings. The van der Waals surface area contributed by atoms with E-state index in [0.717, 1.165) is 19.5 Å². The number of hydrogen-bond acceptors (Lipinski definition) is 2. The summed E-state index contributed by atoms with van der Waals surface area (Å²) in [5.74, 6) is -0.177. The molecule has 1 aromatic carbocycles. The molecule has 1 aliphatic rings. The van der Waals surface area contributed by atoms with Crippen molar-refractivity contribution in [2.24, 2.45) is 0 Å². The molecular weight excluding hydrogens is 241 g/mol. The van der Waals surface area contributed by atoms with Crippen LogP contribution >= 0.6 is 0 Å². The van der Waals surface area contributed by atoms with Crippen LogP contribution < -0.4 is 0 Å². The summed E-state index contributed by atoms with van der Waals surface area (Å²) in [5.41, 5.74) is 0.619. The predicted octanol–water partition coefficient (Wildman–Crippen LogP) is 3.66. The normalized spacial score (nSPS) is 20.4. The van der Waals surface area contributed by atoms with Gasteiger partial charge in [-0.1, -0.05) is 6.42 Å². The predicted molar refractivity (Wildman–Crippen MR) is 74.9 cm³/mol. The Labute approximate surface area is 114 Å². The lowest BCUT2D eigenvalue weighted by Crippen LogP contribution is -2.38. The molecule has 19 heavy (non-hydrogen) atoms. The maximum absolute atomic E-state index is 12.8. The van der Waals surface area contributed by atoms with Crippen molar-refractivity contribution < 1.29 is 9.18 Å². The average Bonchev–Trinajstić information content (AvgIpc) is 2.41. The van der Waals surface area contributed by atoms with Crippen LogP contribution in [-0.2, 0) is 0 Å². The van der Waals surface area contributed by atoms with E-state index in [2.05, 4.69) is 11.8 Å². The van der Waals surface area contributed by atoms with Gasteiger partial charge >= 0.3 is 0 Å². The second-order valence-corrected chi connectivity index (χ2v) is 5.41. The highest BCUT2D eigenvalue weighted by atomic mass is 19.1. The topological polar surface area (TPSA) is 20.3 Å². The summed E-state index contributed by atoms with van der Waals surface area (Å²) in [7, 11) is 0. The molecule has 0 spiro atoms. The Hall–Kier alpha value is -1.22. The third-order valence-corrected chi connectivity index (χ3v) is 3.96. The molecule has 3 heteroatoms. The summed E-state index contributed by atoms with van der Waals surface area (Å²) < 4.78 is 12.8. The molecule has 0 N–H and O–H groups in total. The van der Waals surface area contributed by atoms with Crippen molar-refractivity contribution >= 4 is 5.78 Å². The van der Waals surface area contributed by atoms with E-state index in [1.807, 2.05) is 0 Å². The van der Waals surface area contributed by atoms with Gasteiger partial charge in [-0.25, -0.2) is 4.39 Å². The van der Waals surface area contributed by atoms with E-state index >= 15 is 0 Å². The zero-order chi connectivity index (χ0) is 13.7. The largest absolute Gasteiger partial charge is 0.301 e. The van der Waals surface area contributed by atoms with Gasteiger partial charge in [0.2, 0.25) is 0 Å². The van der Waals surface area contributed by atoms with Crippen molar-refractivity contribution in [3.05, 3.63) is 35.6 Å². The summed E-state index contributed by atoms with van der Waals surface area (Å²) in [6.45, 7) is 4.42. The summed E-state index contributed by atoms with van der Waals surface area (Å²) in [6.07, 6.45) is 5.31. The van der Waals surface area contributed by atoms with Crippen molar-refractivity contribution in [2.45, 2.75) is 45.1 Å². The van der Waals surface area contributed by atoms with Crippen LogP contribution in [0.3, 0.4) is 0 Å². The summed E-state index contributed by atoms with van der Waals surface area (Å²) in [5, 5.41) is 0. The van der Waals surface area contributed by atoms with Crippen molar-refractivity contribution in [1.29, 1.82) is 0 Å². The lowest BCUT2D eigenvalue weighted by Gasteiger charge is -2.33. The molecule has 0 saturated carbocycles. The molecule has 104 valence electrons. The number of carbonyl (C=O) groups is 1. The van der Waals surface area contributed by atoms with Crippen LogP contribution in [0.4, 0.5) is 4.39 Å². The van der Waals surface area contributed by atoms with Crippen LogP contribution in [0.15, 0.2) is 24.3 Å². The number of Topliss-reactive ketones (excluding diaryl/α,β-unsaturated/α-hetero) is 1. The fourth-order valence-electron chi connectivity index (χ4n) is 2.71. The number of benzene rings is 1. The van der Waals surface area contributed by atoms with E-state index < -0.39 is 0 Å².